The molecule has 0 unspecified atom stereocenters. The van der Waals surface area contributed by atoms with Crippen LogP contribution in [0.4, 0.5) is 5.69 Å². The number of unbranched alkanes of at least 4 members (excludes halogenated alkanes) is 1. The van der Waals surface area contributed by atoms with E-state index in [2.05, 4.69) is 5.32 Å². The van der Waals surface area contributed by atoms with Gasteiger partial charge in [0.2, 0.25) is 11.8 Å². The molecule has 0 bridgehead atoms. The van der Waals surface area contributed by atoms with E-state index in [9.17, 15) is 18.0 Å². The normalized spacial score (nSPS) is 11.8. The van der Waals surface area contributed by atoms with Crippen LogP contribution in [0.1, 0.15) is 37.8 Å². The largest absolute Gasteiger partial charge is 0.493 e. The fourth-order valence-corrected chi connectivity index (χ4v) is 5.88. The van der Waals surface area contributed by atoms with Gasteiger partial charge in [-0.3, -0.25) is 13.9 Å². The molecule has 3 aromatic carbocycles. The Kier molecular flexibility index (Phi) is 11.8. The fourth-order valence-electron chi connectivity index (χ4n) is 4.45. The van der Waals surface area contributed by atoms with Crippen LogP contribution in [0.2, 0.25) is 0 Å². The van der Waals surface area contributed by atoms with E-state index in [1.807, 2.05) is 44.2 Å². The topological polar surface area (TPSA) is 105 Å². The number of hydrogen-bond donors (Lipinski definition) is 1. The maximum atomic E-state index is 14.1. The van der Waals surface area contributed by atoms with Gasteiger partial charge in [0.15, 0.2) is 11.5 Å². The summed E-state index contributed by atoms with van der Waals surface area (Å²) in [6, 6.07) is 20.0. The maximum Gasteiger partial charge on any atom is 0.264 e. The molecule has 0 aliphatic rings. The smallest absolute Gasteiger partial charge is 0.264 e. The fraction of sp³-hybridized carbons (Fsp3) is 0.375. The zero-order valence-corrected chi connectivity index (χ0v) is 25.8. The predicted octanol–water partition coefficient (Wildman–Crippen LogP) is 4.58. The summed E-state index contributed by atoms with van der Waals surface area (Å²) >= 11 is 0. The molecule has 0 saturated carbocycles. The van der Waals surface area contributed by atoms with E-state index < -0.39 is 28.5 Å². The van der Waals surface area contributed by atoms with Gasteiger partial charge in [-0.1, -0.05) is 61.4 Å². The molecular weight excluding hydrogens is 554 g/mol. The molecule has 0 aromatic heterocycles. The van der Waals surface area contributed by atoms with E-state index in [1.165, 1.54) is 37.3 Å². The van der Waals surface area contributed by atoms with Crippen molar-refractivity contribution in [3.8, 4) is 11.5 Å². The number of carbonyl (C=O) groups excluding carboxylic acids is 2. The van der Waals surface area contributed by atoms with E-state index >= 15 is 0 Å². The Morgan fingerprint density at radius 2 is 1.60 bits per heavy atom. The first-order valence-corrected chi connectivity index (χ1v) is 15.5. The van der Waals surface area contributed by atoms with E-state index in [1.54, 1.807) is 31.2 Å². The number of ether oxygens (including phenoxy) is 2. The van der Waals surface area contributed by atoms with Crippen LogP contribution < -0.4 is 19.1 Å². The monoisotopic (exact) mass is 595 g/mol. The van der Waals surface area contributed by atoms with Crippen LogP contribution in [0.3, 0.4) is 0 Å². The second-order valence-electron chi connectivity index (χ2n) is 10.0. The van der Waals surface area contributed by atoms with Crippen LogP contribution in [0.25, 0.3) is 0 Å². The summed E-state index contributed by atoms with van der Waals surface area (Å²) in [5.41, 5.74) is 2.27. The third-order valence-corrected chi connectivity index (χ3v) is 8.79. The second kappa shape index (κ2) is 15.3. The highest BCUT2D eigenvalue weighted by Crippen LogP contribution is 2.32. The average molecular weight is 596 g/mol. The summed E-state index contributed by atoms with van der Waals surface area (Å²) in [6.07, 6.45) is 2.25. The lowest BCUT2D eigenvalue weighted by atomic mass is 10.1. The summed E-state index contributed by atoms with van der Waals surface area (Å²) in [5, 5.41) is 2.90. The molecule has 1 N–H and O–H groups in total. The van der Waals surface area contributed by atoms with Crippen molar-refractivity contribution in [1.82, 2.24) is 10.2 Å². The Balaban J connectivity index is 1.99. The molecule has 0 spiro atoms. The highest BCUT2D eigenvalue weighted by Gasteiger charge is 2.32. The van der Waals surface area contributed by atoms with E-state index in [0.29, 0.717) is 24.4 Å². The highest BCUT2D eigenvalue weighted by molar-refractivity contribution is 7.92. The molecule has 0 radical (unpaired) electrons. The van der Waals surface area contributed by atoms with Crippen LogP contribution in [-0.4, -0.2) is 65.0 Å². The molecule has 1 atom stereocenters. The summed E-state index contributed by atoms with van der Waals surface area (Å²) in [4.78, 5) is 28.4. The number of anilines is 1. The zero-order valence-electron chi connectivity index (χ0n) is 25.0. The number of rotatable bonds is 15. The number of sulfonamides is 1. The van der Waals surface area contributed by atoms with Gasteiger partial charge in [-0.15, -0.1) is 0 Å². The van der Waals surface area contributed by atoms with Gasteiger partial charge in [0, 0.05) is 19.2 Å². The van der Waals surface area contributed by atoms with Gasteiger partial charge in [-0.25, -0.2) is 8.42 Å². The molecule has 0 aliphatic heterocycles. The zero-order chi connectivity index (χ0) is 30.7. The van der Waals surface area contributed by atoms with Gasteiger partial charge in [0.05, 0.1) is 24.8 Å². The van der Waals surface area contributed by atoms with Crippen LogP contribution in [-0.2, 0) is 26.0 Å². The van der Waals surface area contributed by atoms with Crippen molar-refractivity contribution in [3.05, 3.63) is 83.9 Å². The molecule has 42 heavy (non-hydrogen) atoms. The Morgan fingerprint density at radius 3 is 2.21 bits per heavy atom. The van der Waals surface area contributed by atoms with Crippen LogP contribution >= 0.6 is 0 Å². The van der Waals surface area contributed by atoms with Crippen LogP contribution in [0.15, 0.2) is 77.7 Å². The number of methoxy groups -OCH3 is 2. The van der Waals surface area contributed by atoms with Crippen molar-refractivity contribution in [2.45, 2.75) is 51.0 Å². The Labute approximate surface area is 249 Å². The molecule has 226 valence electrons. The molecule has 9 nitrogen and oxygen atoms in total. The van der Waals surface area contributed by atoms with Gasteiger partial charge in [-0.2, -0.15) is 0 Å². The third kappa shape index (κ3) is 8.25. The lowest BCUT2D eigenvalue weighted by Gasteiger charge is -2.32. The first-order chi connectivity index (χ1) is 20.1. The third-order valence-electron chi connectivity index (χ3n) is 7.02. The second-order valence-corrected chi connectivity index (χ2v) is 11.9. The van der Waals surface area contributed by atoms with Crippen molar-refractivity contribution in [2.75, 3.05) is 38.2 Å². The molecule has 3 rings (SSSR count). The Bertz CT molecular complexity index is 1430. The lowest BCUT2D eigenvalue weighted by molar-refractivity contribution is -0.138. The van der Waals surface area contributed by atoms with Gasteiger partial charge >= 0.3 is 0 Å². The summed E-state index contributed by atoms with van der Waals surface area (Å²) in [6.45, 7) is 5.84. The predicted molar refractivity (Wildman–Crippen MR) is 164 cm³/mol. The minimum Gasteiger partial charge on any atom is -0.493 e. The number of benzene rings is 3. The highest BCUT2D eigenvalue weighted by atomic mass is 32.2. The lowest BCUT2D eigenvalue weighted by Crippen LogP contribution is -2.52. The summed E-state index contributed by atoms with van der Waals surface area (Å²) < 4.78 is 39.8. The van der Waals surface area contributed by atoms with Crippen molar-refractivity contribution in [2.24, 2.45) is 0 Å². The first kappa shape index (κ1) is 32.5. The van der Waals surface area contributed by atoms with Crippen molar-refractivity contribution in [3.63, 3.8) is 0 Å². The van der Waals surface area contributed by atoms with E-state index in [0.717, 1.165) is 28.3 Å². The molecule has 0 heterocycles. The molecule has 10 heteroatoms. The number of nitrogens with zero attached hydrogens (tertiary/aromatic N) is 2. The van der Waals surface area contributed by atoms with Gasteiger partial charge in [0.1, 0.15) is 12.6 Å². The van der Waals surface area contributed by atoms with Crippen molar-refractivity contribution < 1.29 is 27.5 Å². The Hall–Kier alpha value is -4.05. The van der Waals surface area contributed by atoms with Gasteiger partial charge < -0.3 is 19.7 Å². The van der Waals surface area contributed by atoms with Gasteiger partial charge in [0.25, 0.3) is 10.0 Å². The minimum absolute atomic E-state index is 0.0604. The SMILES string of the molecule is CCCCNC(=O)[C@H](C)N(CCc1ccccc1)C(=O)CN(c1ccc(C)cc1)S(=O)(=O)c1ccc(OC)c(OC)c1. The van der Waals surface area contributed by atoms with Gasteiger partial charge in [-0.05, 0) is 56.5 Å². The van der Waals surface area contributed by atoms with Crippen molar-refractivity contribution in [1.29, 1.82) is 0 Å². The van der Waals surface area contributed by atoms with Crippen molar-refractivity contribution >= 4 is 27.5 Å². The van der Waals surface area contributed by atoms with E-state index in [-0.39, 0.29) is 23.1 Å². The standard InChI is InChI=1S/C32H41N3O6S/c1-6-7-20-33-32(37)25(3)34(21-19-26-11-9-8-10-12-26)31(36)23-35(27-15-13-24(2)14-16-27)42(38,39)28-17-18-29(40-4)30(22-28)41-5/h8-18,22,25H,6-7,19-21,23H2,1-5H3,(H,33,37)/t25-/m0/s1. The van der Waals surface area contributed by atoms with E-state index in [4.69, 9.17) is 9.47 Å². The molecular formula is C32H41N3O6S. The number of aryl methyl sites for hydroxylation is 1. The number of hydrogen-bond acceptors (Lipinski definition) is 6. The maximum absolute atomic E-state index is 14.1. The summed E-state index contributed by atoms with van der Waals surface area (Å²) in [7, 11) is -1.35. The molecule has 0 aliphatic carbocycles. The summed E-state index contributed by atoms with van der Waals surface area (Å²) in [5.74, 6) is -0.150. The number of amides is 2. The average Bonchev–Trinajstić information content (AvgIpc) is 3.00. The molecule has 2 amide bonds. The van der Waals surface area contributed by atoms with Crippen LogP contribution in [0, 0.1) is 6.92 Å². The molecule has 0 saturated heterocycles. The quantitative estimate of drug-likeness (QED) is 0.258. The molecule has 3 aromatic rings. The number of nitrogens with one attached hydrogen (secondary N) is 1. The number of carbonyl (C=O) groups is 2. The minimum atomic E-state index is -4.23. The first-order valence-electron chi connectivity index (χ1n) is 14.0. The Morgan fingerprint density at radius 1 is 0.929 bits per heavy atom. The van der Waals surface area contributed by atoms with Crippen LogP contribution in [0.5, 0.6) is 11.5 Å². The molecule has 0 fully saturated rings.